The Hall–Kier alpha value is -1.49. The van der Waals surface area contributed by atoms with E-state index in [2.05, 4.69) is 44.3 Å². The molecule has 0 spiro atoms. The Labute approximate surface area is 124 Å². The molecule has 20 heavy (non-hydrogen) atoms. The van der Waals surface area contributed by atoms with Crippen molar-refractivity contribution in [2.75, 3.05) is 12.3 Å². The van der Waals surface area contributed by atoms with Gasteiger partial charge in [0.05, 0.1) is 12.3 Å². The van der Waals surface area contributed by atoms with Gasteiger partial charge in [-0.3, -0.25) is 9.59 Å². The zero-order valence-electron chi connectivity index (χ0n) is 12.4. The molecule has 1 rings (SSSR count). The smallest absolute Gasteiger partial charge is 0.236 e. The minimum absolute atomic E-state index is 0.0806. The Morgan fingerprint density at radius 1 is 1.30 bits per heavy atom. The summed E-state index contributed by atoms with van der Waals surface area (Å²) in [7, 11) is 0. The van der Waals surface area contributed by atoms with E-state index in [1.54, 1.807) is 0 Å². The lowest BCUT2D eigenvalue weighted by Gasteiger charge is -2.20. The summed E-state index contributed by atoms with van der Waals surface area (Å²) in [6.45, 7) is 8.39. The van der Waals surface area contributed by atoms with Crippen molar-refractivity contribution in [3.05, 3.63) is 29.3 Å². The Balaban J connectivity index is 2.68. The van der Waals surface area contributed by atoms with Crippen molar-refractivity contribution < 1.29 is 9.59 Å². The molecule has 0 radical (unpaired) electrons. The number of nitrogens with one attached hydrogen (secondary N) is 1. The number of aryl methyl sites for hydroxylation is 1. The highest BCUT2D eigenvalue weighted by Gasteiger charge is 2.15. The topological polar surface area (TPSA) is 72.2 Å². The molecule has 0 atom stereocenters. The maximum Gasteiger partial charge on any atom is 0.236 e. The molecule has 0 saturated heterocycles. The highest BCUT2D eigenvalue weighted by atomic mass is 32.2. The lowest BCUT2D eigenvalue weighted by atomic mass is 9.87. The summed E-state index contributed by atoms with van der Waals surface area (Å²) in [5, 5.41) is 2.48. The number of benzene rings is 1. The second kappa shape index (κ2) is 6.79. The Kier molecular flexibility index (Phi) is 5.62. The van der Waals surface area contributed by atoms with E-state index in [9.17, 15) is 9.59 Å². The molecule has 0 fully saturated rings. The van der Waals surface area contributed by atoms with Crippen LogP contribution in [0.5, 0.6) is 0 Å². The molecule has 0 saturated carbocycles. The Bertz CT molecular complexity index is 507. The first-order chi connectivity index (χ1) is 9.20. The van der Waals surface area contributed by atoms with Crippen LogP contribution in [0.1, 0.15) is 31.9 Å². The number of rotatable bonds is 5. The number of thioether (sulfide) groups is 1. The molecule has 0 aliphatic carbocycles. The van der Waals surface area contributed by atoms with Crippen molar-refractivity contribution in [3.63, 3.8) is 0 Å². The third-order valence-corrected chi connectivity index (χ3v) is 4.03. The van der Waals surface area contributed by atoms with Crippen LogP contribution in [0.4, 0.5) is 0 Å². The van der Waals surface area contributed by atoms with Crippen LogP contribution in [-0.4, -0.2) is 24.1 Å². The van der Waals surface area contributed by atoms with Crippen molar-refractivity contribution in [3.8, 4) is 0 Å². The van der Waals surface area contributed by atoms with E-state index in [1.165, 1.54) is 17.3 Å². The molecule has 0 unspecified atom stereocenters. The van der Waals surface area contributed by atoms with Crippen molar-refractivity contribution in [1.82, 2.24) is 5.32 Å². The van der Waals surface area contributed by atoms with Gasteiger partial charge in [0.15, 0.2) is 0 Å². The fourth-order valence-electron chi connectivity index (χ4n) is 1.60. The number of carbonyl (C=O) groups is 2. The van der Waals surface area contributed by atoms with Gasteiger partial charge < -0.3 is 11.1 Å². The van der Waals surface area contributed by atoms with Gasteiger partial charge >= 0.3 is 0 Å². The fraction of sp³-hybridized carbons (Fsp3) is 0.467. The maximum atomic E-state index is 11.6. The first-order valence-electron chi connectivity index (χ1n) is 6.49. The number of hydrogen-bond acceptors (Lipinski definition) is 3. The molecule has 4 nitrogen and oxygen atoms in total. The Morgan fingerprint density at radius 3 is 2.50 bits per heavy atom. The van der Waals surface area contributed by atoms with Crippen LogP contribution in [0.25, 0.3) is 0 Å². The number of amides is 2. The summed E-state index contributed by atoms with van der Waals surface area (Å²) in [5.74, 6) is -0.439. The average Bonchev–Trinajstić information content (AvgIpc) is 2.33. The average molecular weight is 294 g/mol. The zero-order valence-corrected chi connectivity index (χ0v) is 13.3. The van der Waals surface area contributed by atoms with Crippen LogP contribution in [0.2, 0.25) is 0 Å². The number of primary amides is 1. The summed E-state index contributed by atoms with van der Waals surface area (Å²) >= 11 is 1.47. The van der Waals surface area contributed by atoms with Gasteiger partial charge in [0.1, 0.15) is 0 Å². The fourth-order valence-corrected chi connectivity index (χ4v) is 2.50. The van der Waals surface area contributed by atoms with Crippen molar-refractivity contribution in [2.45, 2.75) is 38.0 Å². The molecule has 5 heteroatoms. The molecular weight excluding hydrogens is 272 g/mol. The van der Waals surface area contributed by atoms with E-state index in [1.807, 2.05) is 6.92 Å². The lowest BCUT2D eigenvalue weighted by molar-refractivity contribution is -0.123. The standard InChI is InChI=1S/C15H22N2O2S/c1-10-5-6-11(15(2,3)4)7-12(10)20-9-14(19)17-8-13(16)18/h5-7H,8-9H2,1-4H3,(H2,16,18)(H,17,19). The summed E-state index contributed by atoms with van der Waals surface area (Å²) in [4.78, 5) is 23.3. The largest absolute Gasteiger partial charge is 0.368 e. The molecule has 0 aliphatic rings. The van der Waals surface area contributed by atoms with Gasteiger partial charge in [0, 0.05) is 4.90 Å². The van der Waals surface area contributed by atoms with Gasteiger partial charge in [-0.2, -0.15) is 0 Å². The number of hydrogen-bond donors (Lipinski definition) is 2. The van der Waals surface area contributed by atoms with Crippen molar-refractivity contribution in [2.24, 2.45) is 5.73 Å². The highest BCUT2D eigenvalue weighted by Crippen LogP contribution is 2.29. The van der Waals surface area contributed by atoms with Gasteiger partial charge in [0.2, 0.25) is 11.8 Å². The quantitative estimate of drug-likeness (QED) is 0.816. The molecule has 0 aromatic heterocycles. The second-order valence-corrected chi connectivity index (χ2v) is 6.78. The van der Waals surface area contributed by atoms with Gasteiger partial charge in [-0.25, -0.2) is 0 Å². The molecule has 1 aromatic carbocycles. The molecule has 0 aliphatic heterocycles. The maximum absolute atomic E-state index is 11.6. The summed E-state index contributed by atoms with van der Waals surface area (Å²) in [6.07, 6.45) is 0. The van der Waals surface area contributed by atoms with E-state index in [0.717, 1.165) is 10.5 Å². The molecule has 0 bridgehead atoms. The van der Waals surface area contributed by atoms with Gasteiger partial charge in [-0.15, -0.1) is 11.8 Å². The SMILES string of the molecule is Cc1ccc(C(C)(C)C)cc1SCC(=O)NCC(N)=O. The van der Waals surface area contributed by atoms with Crippen LogP contribution in [0, 0.1) is 6.92 Å². The third kappa shape index (κ3) is 5.25. The van der Waals surface area contributed by atoms with Crippen LogP contribution in [-0.2, 0) is 15.0 Å². The minimum Gasteiger partial charge on any atom is -0.368 e. The van der Waals surface area contributed by atoms with E-state index in [0.29, 0.717) is 0 Å². The first-order valence-corrected chi connectivity index (χ1v) is 7.47. The zero-order chi connectivity index (χ0) is 15.3. The summed E-state index contributed by atoms with van der Waals surface area (Å²) in [6, 6.07) is 6.32. The van der Waals surface area contributed by atoms with Crippen LogP contribution in [0.3, 0.4) is 0 Å². The first kappa shape index (κ1) is 16.6. The van der Waals surface area contributed by atoms with Crippen molar-refractivity contribution >= 4 is 23.6 Å². The molecular formula is C15H22N2O2S. The molecule has 0 heterocycles. The lowest BCUT2D eigenvalue weighted by Crippen LogP contribution is -2.34. The predicted octanol–water partition coefficient (Wildman–Crippen LogP) is 1.99. The van der Waals surface area contributed by atoms with Gasteiger partial charge in [-0.05, 0) is 29.5 Å². The molecule has 2 amide bonds. The summed E-state index contributed by atoms with van der Waals surface area (Å²) in [5.41, 5.74) is 7.44. The van der Waals surface area contributed by atoms with Crippen LogP contribution >= 0.6 is 11.8 Å². The van der Waals surface area contributed by atoms with Gasteiger partial charge in [-0.1, -0.05) is 32.9 Å². The van der Waals surface area contributed by atoms with E-state index >= 15 is 0 Å². The second-order valence-electron chi connectivity index (χ2n) is 5.76. The predicted molar refractivity (Wildman–Crippen MR) is 82.8 cm³/mol. The highest BCUT2D eigenvalue weighted by molar-refractivity contribution is 8.00. The van der Waals surface area contributed by atoms with Gasteiger partial charge in [0.25, 0.3) is 0 Å². The monoisotopic (exact) mass is 294 g/mol. The van der Waals surface area contributed by atoms with E-state index in [-0.39, 0.29) is 23.6 Å². The van der Waals surface area contributed by atoms with Crippen LogP contribution < -0.4 is 11.1 Å². The number of nitrogens with two attached hydrogens (primary N) is 1. The molecule has 1 aromatic rings. The minimum atomic E-state index is -0.533. The van der Waals surface area contributed by atoms with Crippen LogP contribution in [0.15, 0.2) is 23.1 Å². The summed E-state index contributed by atoms with van der Waals surface area (Å²) < 4.78 is 0. The number of carbonyl (C=O) groups excluding carboxylic acids is 2. The van der Waals surface area contributed by atoms with E-state index < -0.39 is 5.91 Å². The van der Waals surface area contributed by atoms with Crippen molar-refractivity contribution in [1.29, 1.82) is 0 Å². The Morgan fingerprint density at radius 2 is 1.95 bits per heavy atom. The third-order valence-electron chi connectivity index (χ3n) is 2.87. The van der Waals surface area contributed by atoms with E-state index in [4.69, 9.17) is 5.73 Å². The molecule has 3 N–H and O–H groups in total. The molecule has 110 valence electrons. The normalized spacial score (nSPS) is 11.2.